The monoisotopic (exact) mass is 309 g/mol. The second-order valence-electron chi connectivity index (χ2n) is 5.31. The smallest absolute Gasteiger partial charge is 0.337 e. The summed E-state index contributed by atoms with van der Waals surface area (Å²) in [7, 11) is 1.72. The quantitative estimate of drug-likeness (QED) is 0.779. The first-order valence-corrected chi connectivity index (χ1v) is 7.03. The molecule has 0 saturated heterocycles. The van der Waals surface area contributed by atoms with Crippen LogP contribution in [0.2, 0.25) is 0 Å². The van der Waals surface area contributed by atoms with Crippen LogP contribution in [0.25, 0.3) is 10.8 Å². The van der Waals surface area contributed by atoms with Gasteiger partial charge >= 0.3 is 5.97 Å². The third-order valence-electron chi connectivity index (χ3n) is 3.62. The zero-order valence-corrected chi connectivity index (χ0v) is 12.7. The summed E-state index contributed by atoms with van der Waals surface area (Å²) in [5.41, 5.74) is 1.32. The minimum atomic E-state index is -1.09. The van der Waals surface area contributed by atoms with E-state index in [4.69, 9.17) is 0 Å². The van der Waals surface area contributed by atoms with Crippen LogP contribution in [-0.4, -0.2) is 26.8 Å². The molecule has 0 aliphatic rings. The molecule has 0 aliphatic heterocycles. The summed E-state index contributed by atoms with van der Waals surface area (Å²) in [5, 5.41) is 17.9. The van der Waals surface area contributed by atoms with Crippen LogP contribution in [0.3, 0.4) is 0 Å². The molecule has 3 aromatic rings. The van der Waals surface area contributed by atoms with Crippen molar-refractivity contribution in [2.75, 3.05) is 5.32 Å². The van der Waals surface area contributed by atoms with Gasteiger partial charge in [-0.2, -0.15) is 5.10 Å². The van der Waals surface area contributed by atoms with E-state index in [2.05, 4.69) is 10.4 Å². The van der Waals surface area contributed by atoms with Crippen molar-refractivity contribution < 1.29 is 14.7 Å². The van der Waals surface area contributed by atoms with Crippen LogP contribution in [0.1, 0.15) is 26.4 Å². The molecule has 0 radical (unpaired) electrons. The van der Waals surface area contributed by atoms with Gasteiger partial charge in [-0.1, -0.05) is 24.3 Å². The van der Waals surface area contributed by atoms with Gasteiger partial charge < -0.3 is 10.4 Å². The number of hydrogen-bond donors (Lipinski definition) is 2. The summed E-state index contributed by atoms with van der Waals surface area (Å²) in [6.45, 7) is 1.73. The SMILES string of the molecule is Cc1nn(C)cc1C(=O)Nc1cc2ccccc2cc1C(=O)O. The fourth-order valence-corrected chi connectivity index (χ4v) is 2.53. The molecule has 1 aromatic heterocycles. The summed E-state index contributed by atoms with van der Waals surface area (Å²) >= 11 is 0. The van der Waals surface area contributed by atoms with E-state index in [1.807, 2.05) is 24.3 Å². The second-order valence-corrected chi connectivity index (χ2v) is 5.31. The molecule has 1 amide bonds. The van der Waals surface area contributed by atoms with Crippen LogP contribution in [0.4, 0.5) is 5.69 Å². The van der Waals surface area contributed by atoms with E-state index in [1.54, 1.807) is 37.0 Å². The molecule has 2 aromatic carbocycles. The number of aromatic carboxylic acids is 1. The number of anilines is 1. The maximum Gasteiger partial charge on any atom is 0.337 e. The number of rotatable bonds is 3. The minimum Gasteiger partial charge on any atom is -0.478 e. The van der Waals surface area contributed by atoms with Crippen LogP contribution in [0.15, 0.2) is 42.6 Å². The third-order valence-corrected chi connectivity index (χ3v) is 3.62. The first-order valence-electron chi connectivity index (χ1n) is 7.03. The number of aryl methyl sites for hydroxylation is 2. The lowest BCUT2D eigenvalue weighted by atomic mass is 10.0. The standard InChI is InChI=1S/C17H15N3O3/c1-10-14(9-20(2)19-10)16(21)18-15-8-12-6-4-3-5-11(12)7-13(15)17(22)23/h3-9H,1-2H3,(H,18,21)(H,22,23). The molecule has 23 heavy (non-hydrogen) atoms. The van der Waals surface area contributed by atoms with E-state index in [1.165, 1.54) is 0 Å². The summed E-state index contributed by atoms with van der Waals surface area (Å²) < 4.78 is 1.54. The molecule has 116 valence electrons. The predicted octanol–water partition coefficient (Wildman–Crippen LogP) is 2.83. The predicted molar refractivity (Wildman–Crippen MR) is 86.8 cm³/mol. The van der Waals surface area contributed by atoms with E-state index >= 15 is 0 Å². The Morgan fingerprint density at radius 3 is 2.35 bits per heavy atom. The van der Waals surface area contributed by atoms with E-state index < -0.39 is 5.97 Å². The lowest BCUT2D eigenvalue weighted by Crippen LogP contribution is -2.15. The van der Waals surface area contributed by atoms with Gasteiger partial charge in [0.25, 0.3) is 5.91 Å². The van der Waals surface area contributed by atoms with Crippen molar-refractivity contribution in [3.63, 3.8) is 0 Å². The molecule has 0 unspecified atom stereocenters. The number of nitrogens with zero attached hydrogens (tertiary/aromatic N) is 2. The van der Waals surface area contributed by atoms with Gasteiger partial charge in [0.2, 0.25) is 0 Å². The zero-order chi connectivity index (χ0) is 16.6. The lowest BCUT2D eigenvalue weighted by molar-refractivity contribution is 0.0698. The number of carbonyl (C=O) groups is 2. The van der Waals surface area contributed by atoms with E-state index in [-0.39, 0.29) is 17.2 Å². The topological polar surface area (TPSA) is 84.2 Å². The summed E-state index contributed by atoms with van der Waals surface area (Å²) in [6, 6.07) is 10.6. The maximum atomic E-state index is 12.4. The molecule has 0 atom stereocenters. The third kappa shape index (κ3) is 2.78. The number of benzene rings is 2. The van der Waals surface area contributed by atoms with E-state index in [0.29, 0.717) is 11.3 Å². The van der Waals surface area contributed by atoms with Gasteiger partial charge in [0, 0.05) is 13.2 Å². The Morgan fingerprint density at radius 2 is 1.78 bits per heavy atom. The van der Waals surface area contributed by atoms with Crippen LogP contribution < -0.4 is 5.32 Å². The van der Waals surface area contributed by atoms with Crippen molar-refractivity contribution in [1.29, 1.82) is 0 Å². The molecule has 2 N–H and O–H groups in total. The van der Waals surface area contributed by atoms with Gasteiger partial charge in [-0.25, -0.2) is 4.79 Å². The largest absolute Gasteiger partial charge is 0.478 e. The van der Waals surface area contributed by atoms with Crippen molar-refractivity contribution in [2.45, 2.75) is 6.92 Å². The van der Waals surface area contributed by atoms with Crippen LogP contribution in [0.5, 0.6) is 0 Å². The Labute approximate surface area is 132 Å². The Hall–Kier alpha value is -3.15. The highest BCUT2D eigenvalue weighted by molar-refractivity contribution is 6.10. The molecule has 3 rings (SSSR count). The molecule has 0 fully saturated rings. The Bertz CT molecular complexity index is 928. The number of carboxylic acid groups (broad SMARTS) is 1. The molecule has 6 heteroatoms. The van der Waals surface area contributed by atoms with Crippen molar-refractivity contribution in [1.82, 2.24) is 9.78 Å². The number of carboxylic acids is 1. The number of aromatic nitrogens is 2. The molecule has 6 nitrogen and oxygen atoms in total. The number of fused-ring (bicyclic) bond motifs is 1. The Kier molecular flexibility index (Phi) is 3.57. The highest BCUT2D eigenvalue weighted by Crippen LogP contribution is 2.25. The zero-order valence-electron chi connectivity index (χ0n) is 12.7. The first-order chi connectivity index (χ1) is 11.0. The Balaban J connectivity index is 2.04. The summed E-state index contributed by atoms with van der Waals surface area (Å²) in [6.07, 6.45) is 1.60. The molecule has 1 heterocycles. The lowest BCUT2D eigenvalue weighted by Gasteiger charge is -2.10. The molecular formula is C17H15N3O3. The van der Waals surface area contributed by atoms with Crippen LogP contribution in [0, 0.1) is 6.92 Å². The van der Waals surface area contributed by atoms with E-state index in [0.717, 1.165) is 10.8 Å². The summed E-state index contributed by atoms with van der Waals surface area (Å²) in [4.78, 5) is 23.9. The number of carbonyl (C=O) groups excluding carboxylic acids is 1. The highest BCUT2D eigenvalue weighted by atomic mass is 16.4. The minimum absolute atomic E-state index is 0.0543. The van der Waals surface area contributed by atoms with Gasteiger partial charge in [-0.05, 0) is 29.8 Å². The van der Waals surface area contributed by atoms with E-state index in [9.17, 15) is 14.7 Å². The van der Waals surface area contributed by atoms with Crippen molar-refractivity contribution in [3.05, 3.63) is 59.4 Å². The fourth-order valence-electron chi connectivity index (χ4n) is 2.53. The van der Waals surface area contributed by atoms with Gasteiger partial charge in [-0.15, -0.1) is 0 Å². The second kappa shape index (κ2) is 5.57. The van der Waals surface area contributed by atoms with Crippen molar-refractivity contribution >= 4 is 28.3 Å². The molecular weight excluding hydrogens is 294 g/mol. The van der Waals surface area contributed by atoms with Gasteiger partial charge in [-0.3, -0.25) is 9.48 Å². The fraction of sp³-hybridized carbons (Fsp3) is 0.118. The normalized spacial score (nSPS) is 10.7. The average Bonchev–Trinajstić information content (AvgIpc) is 2.85. The van der Waals surface area contributed by atoms with Gasteiger partial charge in [0.1, 0.15) is 0 Å². The molecule has 0 aliphatic carbocycles. The first kappa shape index (κ1) is 14.8. The van der Waals surface area contributed by atoms with Gasteiger partial charge in [0.15, 0.2) is 0 Å². The average molecular weight is 309 g/mol. The molecule has 0 bridgehead atoms. The number of amides is 1. The Morgan fingerprint density at radius 1 is 1.13 bits per heavy atom. The summed E-state index contributed by atoms with van der Waals surface area (Å²) in [5.74, 6) is -1.47. The van der Waals surface area contributed by atoms with Crippen molar-refractivity contribution in [3.8, 4) is 0 Å². The highest BCUT2D eigenvalue weighted by Gasteiger charge is 2.17. The van der Waals surface area contributed by atoms with Crippen LogP contribution >= 0.6 is 0 Å². The van der Waals surface area contributed by atoms with Gasteiger partial charge in [0.05, 0.1) is 22.5 Å². The van der Waals surface area contributed by atoms with Crippen LogP contribution in [-0.2, 0) is 7.05 Å². The molecule has 0 spiro atoms. The maximum absolute atomic E-state index is 12.4. The molecule has 0 saturated carbocycles. The number of hydrogen-bond acceptors (Lipinski definition) is 3. The number of nitrogens with one attached hydrogen (secondary N) is 1. The van der Waals surface area contributed by atoms with Crippen molar-refractivity contribution in [2.24, 2.45) is 7.05 Å².